The number of hydrogen-bond donors (Lipinski definition) is 0. The highest BCUT2D eigenvalue weighted by Gasteiger charge is 2.30. The molecule has 0 bridgehead atoms. The SMILES string of the molecule is O=C(c1cc(Br)cn(C2CC2)c1=O)N1CCN(c2c(F)cc(F)cc2F)CC1. The Kier molecular flexibility index (Phi) is 4.95. The molecule has 0 spiro atoms. The third-order valence-corrected chi connectivity index (χ3v) is 5.48. The average Bonchev–Trinajstić information content (AvgIpc) is 3.47. The molecule has 2 aliphatic rings. The van der Waals surface area contributed by atoms with Crippen LogP contribution in [-0.4, -0.2) is 41.6 Å². The first-order valence-corrected chi connectivity index (χ1v) is 9.75. The molecule has 0 radical (unpaired) electrons. The van der Waals surface area contributed by atoms with E-state index in [1.165, 1.54) is 15.9 Å². The Bertz CT molecular complexity index is 975. The van der Waals surface area contributed by atoms with E-state index in [2.05, 4.69) is 15.9 Å². The van der Waals surface area contributed by atoms with E-state index in [-0.39, 0.29) is 49.0 Å². The van der Waals surface area contributed by atoms with Crippen LogP contribution in [-0.2, 0) is 0 Å². The zero-order valence-corrected chi connectivity index (χ0v) is 16.4. The lowest BCUT2D eigenvalue weighted by Crippen LogP contribution is -2.50. The van der Waals surface area contributed by atoms with Crippen LogP contribution >= 0.6 is 15.9 Å². The molecule has 0 atom stereocenters. The number of carbonyl (C=O) groups excluding carboxylic acids is 1. The molecule has 148 valence electrons. The maximum atomic E-state index is 14.0. The van der Waals surface area contributed by atoms with Gasteiger partial charge in [0.15, 0.2) is 11.6 Å². The number of nitrogens with zero attached hydrogens (tertiary/aromatic N) is 3. The molecule has 28 heavy (non-hydrogen) atoms. The Morgan fingerprint density at radius 2 is 1.61 bits per heavy atom. The molecule has 0 unspecified atom stereocenters. The van der Waals surface area contributed by atoms with Gasteiger partial charge in [-0.1, -0.05) is 0 Å². The lowest BCUT2D eigenvalue weighted by atomic mass is 10.2. The minimum absolute atomic E-state index is 0.0777. The molecule has 0 N–H and O–H groups in total. The van der Waals surface area contributed by atoms with Crippen molar-refractivity contribution in [3.8, 4) is 0 Å². The highest BCUT2D eigenvalue weighted by Crippen LogP contribution is 2.34. The van der Waals surface area contributed by atoms with Gasteiger partial charge in [0.1, 0.15) is 17.1 Å². The van der Waals surface area contributed by atoms with Gasteiger partial charge in [0, 0.05) is 55.0 Å². The van der Waals surface area contributed by atoms with Crippen molar-refractivity contribution in [2.45, 2.75) is 18.9 Å². The molecular weight excluding hydrogens is 439 g/mol. The average molecular weight is 456 g/mol. The van der Waals surface area contributed by atoms with Crippen LogP contribution in [0.1, 0.15) is 29.2 Å². The quantitative estimate of drug-likeness (QED) is 0.712. The molecule has 5 nitrogen and oxygen atoms in total. The number of anilines is 1. The fourth-order valence-electron chi connectivity index (χ4n) is 3.48. The van der Waals surface area contributed by atoms with Crippen molar-refractivity contribution < 1.29 is 18.0 Å². The van der Waals surface area contributed by atoms with E-state index in [1.807, 2.05) is 0 Å². The van der Waals surface area contributed by atoms with E-state index in [1.54, 1.807) is 10.8 Å². The number of benzene rings is 1. The number of rotatable bonds is 3. The second-order valence-electron chi connectivity index (χ2n) is 7.01. The highest BCUT2D eigenvalue weighted by atomic mass is 79.9. The Hall–Kier alpha value is -2.29. The topological polar surface area (TPSA) is 45.6 Å². The predicted molar refractivity (Wildman–Crippen MR) is 101 cm³/mol. The van der Waals surface area contributed by atoms with Crippen molar-refractivity contribution in [3.05, 3.63) is 62.2 Å². The van der Waals surface area contributed by atoms with Gasteiger partial charge in [-0.25, -0.2) is 13.2 Å². The van der Waals surface area contributed by atoms with Gasteiger partial charge < -0.3 is 14.4 Å². The van der Waals surface area contributed by atoms with Crippen molar-refractivity contribution in [2.24, 2.45) is 0 Å². The van der Waals surface area contributed by atoms with Crippen LogP contribution in [0.4, 0.5) is 18.9 Å². The van der Waals surface area contributed by atoms with Crippen molar-refractivity contribution in [1.29, 1.82) is 0 Å². The molecule has 4 rings (SSSR count). The molecule has 1 aromatic carbocycles. The van der Waals surface area contributed by atoms with Crippen LogP contribution in [0.15, 0.2) is 33.7 Å². The number of hydrogen-bond acceptors (Lipinski definition) is 3. The summed E-state index contributed by atoms with van der Waals surface area (Å²) in [6.07, 6.45) is 3.52. The van der Waals surface area contributed by atoms with Crippen molar-refractivity contribution in [2.75, 3.05) is 31.1 Å². The maximum absolute atomic E-state index is 14.0. The van der Waals surface area contributed by atoms with Gasteiger partial charge in [0.2, 0.25) is 0 Å². The molecule has 2 aromatic rings. The molecule has 2 fully saturated rings. The Labute approximate surface area is 167 Å². The lowest BCUT2D eigenvalue weighted by Gasteiger charge is -2.36. The van der Waals surface area contributed by atoms with Crippen LogP contribution in [0.3, 0.4) is 0 Å². The normalized spacial score (nSPS) is 17.1. The summed E-state index contributed by atoms with van der Waals surface area (Å²) in [4.78, 5) is 28.4. The Morgan fingerprint density at radius 3 is 2.18 bits per heavy atom. The van der Waals surface area contributed by atoms with Gasteiger partial charge in [-0.2, -0.15) is 0 Å². The zero-order chi connectivity index (χ0) is 20.0. The van der Waals surface area contributed by atoms with Crippen LogP contribution < -0.4 is 10.5 Å². The van der Waals surface area contributed by atoms with E-state index in [0.717, 1.165) is 12.8 Å². The molecule has 1 aliphatic carbocycles. The van der Waals surface area contributed by atoms with E-state index >= 15 is 0 Å². The van der Waals surface area contributed by atoms with Crippen molar-refractivity contribution >= 4 is 27.5 Å². The highest BCUT2D eigenvalue weighted by molar-refractivity contribution is 9.10. The lowest BCUT2D eigenvalue weighted by molar-refractivity contribution is 0.0744. The third-order valence-electron chi connectivity index (χ3n) is 5.05. The monoisotopic (exact) mass is 455 g/mol. The number of amides is 1. The number of halogens is 4. The molecule has 1 aliphatic heterocycles. The van der Waals surface area contributed by atoms with Crippen LogP contribution in [0, 0.1) is 17.5 Å². The summed E-state index contributed by atoms with van der Waals surface area (Å²) in [6, 6.07) is 2.92. The summed E-state index contributed by atoms with van der Waals surface area (Å²) >= 11 is 3.34. The van der Waals surface area contributed by atoms with Gasteiger partial charge in [0.05, 0.1) is 0 Å². The van der Waals surface area contributed by atoms with Gasteiger partial charge in [-0.3, -0.25) is 9.59 Å². The van der Waals surface area contributed by atoms with E-state index in [9.17, 15) is 22.8 Å². The fourth-order valence-corrected chi connectivity index (χ4v) is 3.93. The first kappa shape index (κ1) is 19.0. The van der Waals surface area contributed by atoms with Crippen LogP contribution in [0.2, 0.25) is 0 Å². The standard InChI is InChI=1S/C19H17BrF3N3O2/c20-11-7-14(19(28)26(10-11)13-1-2-13)18(27)25-5-3-24(4-6-25)17-15(22)8-12(21)9-16(17)23/h7-10,13H,1-6H2. The third kappa shape index (κ3) is 3.55. The smallest absolute Gasteiger partial charge is 0.263 e. The van der Waals surface area contributed by atoms with Gasteiger partial charge in [-0.15, -0.1) is 0 Å². The zero-order valence-electron chi connectivity index (χ0n) is 14.8. The Morgan fingerprint density at radius 1 is 1.00 bits per heavy atom. The molecule has 1 saturated heterocycles. The first-order chi connectivity index (χ1) is 13.3. The van der Waals surface area contributed by atoms with Crippen LogP contribution in [0.25, 0.3) is 0 Å². The van der Waals surface area contributed by atoms with Crippen molar-refractivity contribution in [3.63, 3.8) is 0 Å². The van der Waals surface area contributed by atoms with E-state index < -0.39 is 23.4 Å². The summed E-state index contributed by atoms with van der Waals surface area (Å²) in [5.41, 5.74) is -0.547. The van der Waals surface area contributed by atoms with E-state index in [4.69, 9.17) is 0 Å². The molecule has 1 amide bonds. The second-order valence-corrected chi connectivity index (χ2v) is 7.93. The molecular formula is C19H17BrF3N3O2. The summed E-state index contributed by atoms with van der Waals surface area (Å²) in [6.45, 7) is 0.751. The number of aromatic nitrogens is 1. The molecule has 1 saturated carbocycles. The maximum Gasteiger partial charge on any atom is 0.263 e. The molecule has 1 aromatic heterocycles. The van der Waals surface area contributed by atoms with Gasteiger partial charge in [0.25, 0.3) is 11.5 Å². The number of carbonyl (C=O) groups is 1. The summed E-state index contributed by atoms with van der Waals surface area (Å²) in [7, 11) is 0. The minimum Gasteiger partial charge on any atom is -0.363 e. The van der Waals surface area contributed by atoms with Crippen molar-refractivity contribution in [1.82, 2.24) is 9.47 Å². The van der Waals surface area contributed by atoms with E-state index in [0.29, 0.717) is 16.6 Å². The fraction of sp³-hybridized carbons (Fsp3) is 0.368. The summed E-state index contributed by atoms with van der Waals surface area (Å²) < 4.78 is 43.3. The second kappa shape index (κ2) is 7.27. The predicted octanol–water partition coefficient (Wildman–Crippen LogP) is 3.33. The molecule has 9 heteroatoms. The summed E-state index contributed by atoms with van der Waals surface area (Å²) in [5, 5.41) is 0. The Balaban J connectivity index is 1.52. The van der Waals surface area contributed by atoms with Gasteiger partial charge in [-0.05, 0) is 34.8 Å². The first-order valence-electron chi connectivity index (χ1n) is 8.95. The largest absolute Gasteiger partial charge is 0.363 e. The summed E-state index contributed by atoms with van der Waals surface area (Å²) in [5.74, 6) is -3.33. The minimum atomic E-state index is -0.978. The van der Waals surface area contributed by atoms with Gasteiger partial charge >= 0.3 is 0 Å². The number of pyridine rings is 1. The number of piperazine rings is 1. The molecule has 2 heterocycles. The van der Waals surface area contributed by atoms with Crippen LogP contribution in [0.5, 0.6) is 0 Å².